The Kier molecular flexibility index (Phi) is 6.64. The van der Waals surface area contributed by atoms with Gasteiger partial charge in [0.15, 0.2) is 6.61 Å². The lowest BCUT2D eigenvalue weighted by atomic mass is 10.0. The first-order valence-corrected chi connectivity index (χ1v) is 11.6. The zero-order valence-corrected chi connectivity index (χ0v) is 17.3. The summed E-state index contributed by atoms with van der Waals surface area (Å²) in [5.41, 5.74) is 7.56. The monoisotopic (exact) mass is 420 g/mol. The van der Waals surface area contributed by atoms with Gasteiger partial charge in [-0.3, -0.25) is 4.79 Å². The highest BCUT2D eigenvalue weighted by molar-refractivity contribution is 7.99. The maximum atomic E-state index is 13.0. The van der Waals surface area contributed by atoms with Crippen molar-refractivity contribution >= 4 is 27.7 Å². The van der Waals surface area contributed by atoms with Gasteiger partial charge in [0.1, 0.15) is 5.75 Å². The lowest BCUT2D eigenvalue weighted by Crippen LogP contribution is -2.33. The van der Waals surface area contributed by atoms with Crippen LogP contribution in [0, 0.1) is 6.92 Å². The molecule has 2 aromatic rings. The van der Waals surface area contributed by atoms with Gasteiger partial charge < -0.3 is 10.5 Å². The predicted molar refractivity (Wildman–Crippen MR) is 111 cm³/mol. The van der Waals surface area contributed by atoms with E-state index in [2.05, 4.69) is 19.1 Å². The van der Waals surface area contributed by atoms with E-state index in [0.717, 1.165) is 12.2 Å². The van der Waals surface area contributed by atoms with Crippen LogP contribution in [0.2, 0.25) is 0 Å². The summed E-state index contributed by atoms with van der Waals surface area (Å²) < 4.78 is 32.8. The maximum Gasteiger partial charge on any atom is 0.255 e. The molecule has 1 saturated heterocycles. The molecular formula is C20H24N2O4S2. The summed E-state index contributed by atoms with van der Waals surface area (Å²) in [4.78, 5) is 11.0. The molecule has 0 aliphatic carbocycles. The van der Waals surface area contributed by atoms with Crippen LogP contribution >= 0.6 is 11.8 Å². The number of nitrogens with zero attached hydrogens (tertiary/aromatic N) is 1. The molecule has 150 valence electrons. The smallest absolute Gasteiger partial charge is 0.255 e. The largest absolute Gasteiger partial charge is 0.484 e. The standard InChI is InChI=1S/C20H24N2O4S2/c1-15-4-2-3-5-18(15)19-10-11-22(12-13-27-19)28(24,25)17-8-6-16(7-9-17)26-14-20(21)23/h2-9,19H,10-14H2,1H3,(H2,21,23). The van der Waals surface area contributed by atoms with Crippen LogP contribution in [0.15, 0.2) is 53.4 Å². The van der Waals surface area contributed by atoms with Crippen molar-refractivity contribution in [2.24, 2.45) is 5.73 Å². The molecule has 1 fully saturated rings. The van der Waals surface area contributed by atoms with Crippen LogP contribution in [0.5, 0.6) is 5.75 Å². The number of hydrogen-bond acceptors (Lipinski definition) is 5. The van der Waals surface area contributed by atoms with Crippen molar-refractivity contribution in [1.82, 2.24) is 4.31 Å². The van der Waals surface area contributed by atoms with Gasteiger partial charge in [0.25, 0.3) is 5.91 Å². The number of amides is 1. The summed E-state index contributed by atoms with van der Waals surface area (Å²) in [6.07, 6.45) is 0.772. The minimum absolute atomic E-state index is 0.221. The van der Waals surface area contributed by atoms with E-state index in [1.54, 1.807) is 16.4 Å². The number of carbonyl (C=O) groups excluding carboxylic acids is 1. The van der Waals surface area contributed by atoms with Gasteiger partial charge in [-0.1, -0.05) is 24.3 Å². The van der Waals surface area contributed by atoms with Gasteiger partial charge in [0.2, 0.25) is 10.0 Å². The summed E-state index contributed by atoms with van der Waals surface area (Å²) in [5, 5.41) is 0.297. The summed E-state index contributed by atoms with van der Waals surface area (Å²) in [6.45, 7) is 2.82. The van der Waals surface area contributed by atoms with Crippen molar-refractivity contribution in [3.8, 4) is 5.75 Å². The van der Waals surface area contributed by atoms with Crippen LogP contribution in [0.25, 0.3) is 0 Å². The number of ether oxygens (including phenoxy) is 1. The second kappa shape index (κ2) is 8.98. The lowest BCUT2D eigenvalue weighted by Gasteiger charge is -2.20. The van der Waals surface area contributed by atoms with E-state index >= 15 is 0 Å². The molecule has 8 heteroatoms. The molecule has 6 nitrogen and oxygen atoms in total. The molecule has 3 rings (SSSR count). The molecule has 1 aliphatic heterocycles. The number of aryl methyl sites for hydroxylation is 1. The van der Waals surface area contributed by atoms with Gasteiger partial charge in [0, 0.05) is 24.1 Å². The van der Waals surface area contributed by atoms with Crippen LogP contribution in [0.3, 0.4) is 0 Å². The second-order valence-electron chi connectivity index (χ2n) is 6.64. The third kappa shape index (κ3) is 4.87. The van der Waals surface area contributed by atoms with Crippen molar-refractivity contribution in [3.05, 3.63) is 59.7 Å². The van der Waals surface area contributed by atoms with Crippen LogP contribution < -0.4 is 10.5 Å². The van der Waals surface area contributed by atoms with Crippen molar-refractivity contribution in [2.45, 2.75) is 23.5 Å². The molecule has 0 spiro atoms. The number of sulfonamides is 1. The Balaban J connectivity index is 1.70. The summed E-state index contributed by atoms with van der Waals surface area (Å²) in [5.74, 6) is 0.573. The molecule has 1 unspecified atom stereocenters. The third-order valence-corrected chi connectivity index (χ3v) is 7.90. The second-order valence-corrected chi connectivity index (χ2v) is 9.88. The van der Waals surface area contributed by atoms with Gasteiger partial charge in [-0.2, -0.15) is 16.1 Å². The molecule has 0 aromatic heterocycles. The number of carbonyl (C=O) groups is 1. The van der Waals surface area contributed by atoms with Crippen molar-refractivity contribution in [2.75, 3.05) is 25.4 Å². The molecule has 1 aliphatic rings. The number of primary amides is 1. The van der Waals surface area contributed by atoms with E-state index in [4.69, 9.17) is 10.5 Å². The van der Waals surface area contributed by atoms with E-state index in [-0.39, 0.29) is 11.5 Å². The molecule has 0 saturated carbocycles. The fourth-order valence-electron chi connectivity index (χ4n) is 3.20. The highest BCUT2D eigenvalue weighted by Crippen LogP contribution is 2.37. The van der Waals surface area contributed by atoms with Crippen molar-refractivity contribution in [1.29, 1.82) is 0 Å². The van der Waals surface area contributed by atoms with E-state index < -0.39 is 15.9 Å². The Morgan fingerprint density at radius 1 is 1.18 bits per heavy atom. The van der Waals surface area contributed by atoms with Crippen LogP contribution in [-0.4, -0.2) is 44.1 Å². The number of rotatable bonds is 6. The SMILES string of the molecule is Cc1ccccc1C1CCN(S(=O)(=O)c2ccc(OCC(N)=O)cc2)CCS1. The Labute approximate surface area is 170 Å². The van der Waals surface area contributed by atoms with Gasteiger partial charge >= 0.3 is 0 Å². The van der Waals surface area contributed by atoms with Gasteiger partial charge in [0.05, 0.1) is 4.90 Å². The Morgan fingerprint density at radius 2 is 1.89 bits per heavy atom. The van der Waals surface area contributed by atoms with Gasteiger partial charge in [-0.15, -0.1) is 0 Å². The molecule has 2 N–H and O–H groups in total. The zero-order valence-electron chi connectivity index (χ0n) is 15.7. The minimum Gasteiger partial charge on any atom is -0.484 e. The average molecular weight is 421 g/mol. The first-order valence-electron chi connectivity index (χ1n) is 9.06. The van der Waals surface area contributed by atoms with E-state index in [1.807, 2.05) is 23.9 Å². The van der Waals surface area contributed by atoms with Crippen molar-refractivity contribution < 1.29 is 17.9 Å². The summed E-state index contributed by atoms with van der Waals surface area (Å²) in [7, 11) is -3.58. The number of thioether (sulfide) groups is 1. The predicted octanol–water partition coefficient (Wildman–Crippen LogP) is 2.73. The Morgan fingerprint density at radius 3 is 2.57 bits per heavy atom. The topological polar surface area (TPSA) is 89.7 Å². The van der Waals surface area contributed by atoms with Crippen molar-refractivity contribution in [3.63, 3.8) is 0 Å². The average Bonchev–Trinajstić information content (AvgIpc) is 2.94. The summed E-state index contributed by atoms with van der Waals surface area (Å²) in [6, 6.07) is 14.4. The minimum atomic E-state index is -3.58. The highest BCUT2D eigenvalue weighted by Gasteiger charge is 2.28. The molecule has 0 bridgehead atoms. The quantitative estimate of drug-likeness (QED) is 0.776. The number of benzene rings is 2. The molecule has 1 heterocycles. The lowest BCUT2D eigenvalue weighted by molar-refractivity contribution is -0.119. The first kappa shape index (κ1) is 20.7. The van der Waals surface area contributed by atoms with Crippen LogP contribution in [-0.2, 0) is 14.8 Å². The zero-order chi connectivity index (χ0) is 20.1. The first-order chi connectivity index (χ1) is 13.4. The Bertz CT molecular complexity index is 929. The van der Waals surface area contributed by atoms with E-state index in [0.29, 0.717) is 24.1 Å². The number of nitrogens with two attached hydrogens (primary N) is 1. The summed E-state index contributed by atoms with van der Waals surface area (Å²) >= 11 is 1.81. The molecule has 1 atom stereocenters. The fourth-order valence-corrected chi connectivity index (χ4v) is 6.10. The maximum absolute atomic E-state index is 13.0. The molecule has 1 amide bonds. The third-order valence-electron chi connectivity index (χ3n) is 4.68. The Hall–Kier alpha value is -2.03. The normalized spacial score (nSPS) is 18.4. The molecule has 28 heavy (non-hydrogen) atoms. The van der Waals surface area contributed by atoms with E-state index in [1.165, 1.54) is 23.3 Å². The van der Waals surface area contributed by atoms with Crippen LogP contribution in [0.1, 0.15) is 22.8 Å². The fraction of sp³-hybridized carbons (Fsp3) is 0.350. The van der Waals surface area contributed by atoms with Gasteiger partial charge in [-0.25, -0.2) is 8.42 Å². The van der Waals surface area contributed by atoms with E-state index in [9.17, 15) is 13.2 Å². The van der Waals surface area contributed by atoms with Gasteiger partial charge in [-0.05, 0) is 48.7 Å². The highest BCUT2D eigenvalue weighted by atomic mass is 32.2. The van der Waals surface area contributed by atoms with Crippen LogP contribution in [0.4, 0.5) is 0 Å². The molecule has 0 radical (unpaired) electrons. The molecular weight excluding hydrogens is 396 g/mol. The number of hydrogen-bond donors (Lipinski definition) is 1. The molecule has 2 aromatic carbocycles.